The number of phenolic OH excluding ortho intramolecular Hbond substituents is 1. The van der Waals surface area contributed by atoms with E-state index in [0.717, 1.165) is 38.5 Å². The van der Waals surface area contributed by atoms with E-state index in [1.807, 2.05) is 24.3 Å². The van der Waals surface area contributed by atoms with Crippen LogP contribution < -0.4 is 25.4 Å². The van der Waals surface area contributed by atoms with Gasteiger partial charge in [-0.15, -0.1) is 0 Å². The van der Waals surface area contributed by atoms with Crippen molar-refractivity contribution >= 4 is 11.9 Å². The Morgan fingerprint density at radius 3 is 1.86 bits per heavy atom. The molecular weight excluding hydrogens is 530 g/mol. The highest BCUT2D eigenvalue weighted by atomic mass is 16.5. The Morgan fingerprint density at radius 1 is 0.738 bits per heavy atom. The van der Waals surface area contributed by atoms with Crippen LogP contribution in [0.4, 0.5) is 4.79 Å². The Hall–Kier alpha value is -3.42. The highest BCUT2D eigenvalue weighted by Crippen LogP contribution is 2.25. The lowest BCUT2D eigenvalue weighted by Gasteiger charge is -2.19. The van der Waals surface area contributed by atoms with Gasteiger partial charge in [0.15, 0.2) is 0 Å². The van der Waals surface area contributed by atoms with Crippen LogP contribution in [0.25, 0.3) is 0 Å². The van der Waals surface area contributed by atoms with E-state index < -0.39 is 0 Å². The van der Waals surface area contributed by atoms with Crippen LogP contribution in [0.15, 0.2) is 48.5 Å². The second-order valence-electron chi connectivity index (χ2n) is 10.9. The number of ether oxygens (including phenoxy) is 2. The number of amides is 3. The van der Waals surface area contributed by atoms with Crippen molar-refractivity contribution in [1.82, 2.24) is 16.0 Å². The quantitative estimate of drug-likeness (QED) is 0.0996. The number of rotatable bonds is 23. The summed E-state index contributed by atoms with van der Waals surface area (Å²) >= 11 is 0. The molecule has 234 valence electrons. The van der Waals surface area contributed by atoms with E-state index in [0.29, 0.717) is 36.8 Å². The molecule has 42 heavy (non-hydrogen) atoms. The summed E-state index contributed by atoms with van der Waals surface area (Å²) in [6.07, 6.45) is 16.7. The van der Waals surface area contributed by atoms with Gasteiger partial charge in [-0.25, -0.2) is 4.79 Å². The first kappa shape index (κ1) is 34.8. The van der Waals surface area contributed by atoms with Gasteiger partial charge >= 0.3 is 6.03 Å². The summed E-state index contributed by atoms with van der Waals surface area (Å²) in [7, 11) is 1.69. The zero-order valence-electron chi connectivity index (χ0n) is 25.8. The number of unbranched alkanes of at least 4 members (excludes halogenated alkanes) is 10. The standard InChI is InChI=1S/C34H53N3O5/c1-3-4-5-9-12-15-28(16-13-10-7-6-8-11-14-17-33(39)35-2)37-34(40)36-26-27-41-30-22-24-32(25-23-30)42-31-20-18-29(38)19-21-31/h18-25,28,38H,3-17,26-27H2,1-2H3,(H,35,39)(H2,36,37,40). The maximum absolute atomic E-state index is 12.6. The first-order valence-electron chi connectivity index (χ1n) is 15.9. The van der Waals surface area contributed by atoms with Gasteiger partial charge in [0.25, 0.3) is 0 Å². The molecule has 0 bridgehead atoms. The maximum atomic E-state index is 12.6. The zero-order chi connectivity index (χ0) is 30.3. The van der Waals surface area contributed by atoms with E-state index in [1.54, 1.807) is 31.3 Å². The van der Waals surface area contributed by atoms with Crippen LogP contribution in [0.5, 0.6) is 23.0 Å². The fraction of sp³-hybridized carbons (Fsp3) is 0.588. The van der Waals surface area contributed by atoms with E-state index in [2.05, 4.69) is 22.9 Å². The van der Waals surface area contributed by atoms with Crippen molar-refractivity contribution in [2.45, 2.75) is 109 Å². The molecule has 1 atom stereocenters. The number of aromatic hydroxyl groups is 1. The lowest BCUT2D eigenvalue weighted by atomic mass is 10.00. The number of phenols is 1. The molecule has 0 saturated heterocycles. The molecule has 2 aromatic rings. The monoisotopic (exact) mass is 583 g/mol. The molecule has 0 aliphatic rings. The molecule has 4 N–H and O–H groups in total. The van der Waals surface area contributed by atoms with Crippen molar-refractivity contribution in [3.05, 3.63) is 48.5 Å². The van der Waals surface area contributed by atoms with Crippen molar-refractivity contribution in [2.24, 2.45) is 0 Å². The Kier molecular flexibility index (Phi) is 18.4. The maximum Gasteiger partial charge on any atom is 0.315 e. The van der Waals surface area contributed by atoms with E-state index in [4.69, 9.17) is 9.47 Å². The third kappa shape index (κ3) is 16.7. The minimum Gasteiger partial charge on any atom is -0.508 e. The van der Waals surface area contributed by atoms with Gasteiger partial charge in [-0.1, -0.05) is 77.6 Å². The Bertz CT molecular complexity index is 982. The Balaban J connectivity index is 1.63. The molecule has 3 amide bonds. The Labute approximate surface area is 253 Å². The van der Waals surface area contributed by atoms with Crippen LogP contribution in [0.2, 0.25) is 0 Å². The molecule has 0 fully saturated rings. The number of hydrogen-bond acceptors (Lipinski definition) is 5. The van der Waals surface area contributed by atoms with Gasteiger partial charge in [-0.05, 0) is 67.8 Å². The third-order valence-corrected chi connectivity index (χ3v) is 7.28. The normalized spacial score (nSPS) is 11.5. The molecule has 0 radical (unpaired) electrons. The summed E-state index contributed by atoms with van der Waals surface area (Å²) in [6.45, 7) is 3.01. The third-order valence-electron chi connectivity index (χ3n) is 7.28. The smallest absolute Gasteiger partial charge is 0.315 e. The predicted molar refractivity (Wildman–Crippen MR) is 169 cm³/mol. The summed E-state index contributed by atoms with van der Waals surface area (Å²) in [4.78, 5) is 23.9. The highest BCUT2D eigenvalue weighted by molar-refractivity contribution is 5.75. The zero-order valence-corrected chi connectivity index (χ0v) is 25.8. The molecule has 0 saturated carbocycles. The van der Waals surface area contributed by atoms with Gasteiger partial charge in [0, 0.05) is 19.5 Å². The average molecular weight is 584 g/mol. The molecule has 0 heterocycles. The van der Waals surface area contributed by atoms with Gasteiger partial charge in [0.1, 0.15) is 29.6 Å². The summed E-state index contributed by atoms with van der Waals surface area (Å²) in [6, 6.07) is 13.9. The molecule has 2 rings (SSSR count). The van der Waals surface area contributed by atoms with Gasteiger partial charge < -0.3 is 30.5 Å². The summed E-state index contributed by atoms with van der Waals surface area (Å²) in [5, 5.41) is 18.2. The molecular formula is C34H53N3O5. The van der Waals surface area contributed by atoms with Crippen molar-refractivity contribution in [2.75, 3.05) is 20.2 Å². The number of nitrogens with one attached hydrogen (secondary N) is 3. The number of carbonyl (C=O) groups excluding carboxylic acids is 2. The van der Waals surface area contributed by atoms with Crippen LogP contribution >= 0.6 is 0 Å². The van der Waals surface area contributed by atoms with Crippen LogP contribution in [-0.4, -0.2) is 43.3 Å². The largest absolute Gasteiger partial charge is 0.508 e. The highest BCUT2D eigenvalue weighted by Gasteiger charge is 2.12. The molecule has 2 aromatic carbocycles. The summed E-state index contributed by atoms with van der Waals surface area (Å²) in [5.74, 6) is 2.34. The minimum atomic E-state index is -0.133. The summed E-state index contributed by atoms with van der Waals surface area (Å²) in [5.41, 5.74) is 0. The summed E-state index contributed by atoms with van der Waals surface area (Å²) < 4.78 is 11.5. The van der Waals surface area contributed by atoms with Crippen LogP contribution in [-0.2, 0) is 4.79 Å². The first-order valence-corrected chi connectivity index (χ1v) is 15.9. The van der Waals surface area contributed by atoms with Crippen molar-refractivity contribution in [3.8, 4) is 23.0 Å². The second-order valence-corrected chi connectivity index (χ2v) is 10.9. The molecule has 0 spiro atoms. The van der Waals surface area contributed by atoms with Crippen LogP contribution in [0.1, 0.15) is 103 Å². The fourth-order valence-electron chi connectivity index (χ4n) is 4.79. The van der Waals surface area contributed by atoms with Crippen molar-refractivity contribution in [3.63, 3.8) is 0 Å². The van der Waals surface area contributed by atoms with E-state index in [-0.39, 0.29) is 23.7 Å². The number of benzene rings is 2. The number of hydrogen-bond donors (Lipinski definition) is 4. The number of urea groups is 1. The minimum absolute atomic E-state index is 0.129. The van der Waals surface area contributed by atoms with E-state index >= 15 is 0 Å². The van der Waals surface area contributed by atoms with Crippen molar-refractivity contribution < 1.29 is 24.2 Å². The van der Waals surface area contributed by atoms with Gasteiger partial charge in [0.2, 0.25) is 5.91 Å². The van der Waals surface area contributed by atoms with Crippen molar-refractivity contribution in [1.29, 1.82) is 0 Å². The predicted octanol–water partition coefficient (Wildman–Crippen LogP) is 7.85. The lowest BCUT2D eigenvalue weighted by Crippen LogP contribution is -2.43. The van der Waals surface area contributed by atoms with Crippen LogP contribution in [0.3, 0.4) is 0 Å². The van der Waals surface area contributed by atoms with Gasteiger partial charge in [-0.2, -0.15) is 0 Å². The molecule has 0 aromatic heterocycles. The van der Waals surface area contributed by atoms with Gasteiger partial charge in [0.05, 0.1) is 6.54 Å². The topological polar surface area (TPSA) is 109 Å². The molecule has 1 unspecified atom stereocenters. The lowest BCUT2D eigenvalue weighted by molar-refractivity contribution is -0.120. The molecule has 0 aliphatic carbocycles. The van der Waals surface area contributed by atoms with Crippen LogP contribution in [0, 0.1) is 0 Å². The van der Waals surface area contributed by atoms with E-state index in [9.17, 15) is 14.7 Å². The molecule has 0 aliphatic heterocycles. The molecule has 8 nitrogen and oxygen atoms in total. The number of carbonyl (C=O) groups is 2. The average Bonchev–Trinajstić information content (AvgIpc) is 3.00. The SMILES string of the molecule is CCCCCCCC(CCCCCCCCCC(=O)NC)NC(=O)NCCOc1ccc(Oc2ccc(O)cc2)cc1. The second kappa shape index (κ2) is 22.2. The fourth-order valence-corrected chi connectivity index (χ4v) is 4.79. The van der Waals surface area contributed by atoms with Gasteiger partial charge in [-0.3, -0.25) is 4.79 Å². The Morgan fingerprint density at radius 2 is 1.26 bits per heavy atom. The van der Waals surface area contributed by atoms with E-state index in [1.165, 1.54) is 51.4 Å². The first-order chi connectivity index (χ1) is 20.5. The molecule has 8 heteroatoms.